The largest absolute Gasteiger partial charge is 0.457 e. The maximum absolute atomic E-state index is 13.6. The van der Waals surface area contributed by atoms with Crippen LogP contribution in [0.4, 0.5) is 13.2 Å². The van der Waals surface area contributed by atoms with Gasteiger partial charge in [-0.1, -0.05) is 12.1 Å². The third-order valence-electron chi connectivity index (χ3n) is 3.90. The summed E-state index contributed by atoms with van der Waals surface area (Å²) in [6.07, 6.45) is -6.55. The second-order valence-corrected chi connectivity index (χ2v) is 8.33. The van der Waals surface area contributed by atoms with Crippen molar-refractivity contribution in [2.45, 2.75) is 25.1 Å². The number of hydrogen-bond donors (Lipinski definition) is 1. The van der Waals surface area contributed by atoms with Gasteiger partial charge in [-0.15, -0.1) is 22.7 Å². The van der Waals surface area contributed by atoms with Crippen molar-refractivity contribution in [3.63, 3.8) is 0 Å². The summed E-state index contributed by atoms with van der Waals surface area (Å²) < 4.78 is 45.9. The van der Waals surface area contributed by atoms with E-state index in [0.717, 1.165) is 4.88 Å². The Labute approximate surface area is 165 Å². The first-order valence-electron chi connectivity index (χ1n) is 8.00. The number of halogens is 3. The third kappa shape index (κ3) is 4.08. The first-order valence-corrected chi connectivity index (χ1v) is 9.64. The number of ketones is 1. The number of aryl methyl sites for hydroxylation is 1. The van der Waals surface area contributed by atoms with E-state index in [2.05, 4.69) is 9.72 Å². The molecule has 3 aromatic rings. The number of rotatable bonds is 6. The highest BCUT2D eigenvalue weighted by Gasteiger charge is 2.58. The quantitative estimate of drug-likeness (QED) is 0.469. The maximum atomic E-state index is 13.6. The van der Waals surface area contributed by atoms with Gasteiger partial charge in [-0.3, -0.25) is 9.59 Å². The lowest BCUT2D eigenvalue weighted by Gasteiger charge is -2.27. The summed E-state index contributed by atoms with van der Waals surface area (Å²) in [4.78, 5) is 29.0. The number of carbonyl (C=O) groups excluding carboxylic acids is 2. The lowest BCUT2D eigenvalue weighted by molar-refractivity contribution is -0.269. The summed E-state index contributed by atoms with van der Waals surface area (Å²) >= 11 is 1.83. The van der Waals surface area contributed by atoms with E-state index in [1.165, 1.54) is 17.4 Å². The number of esters is 1. The summed E-state index contributed by atoms with van der Waals surface area (Å²) in [6.45, 7) is 1.08. The van der Waals surface area contributed by atoms with E-state index < -0.39 is 41.6 Å². The van der Waals surface area contributed by atoms with Crippen LogP contribution in [0.25, 0.3) is 10.2 Å². The van der Waals surface area contributed by atoms with Gasteiger partial charge in [0.25, 0.3) is 0 Å². The number of benzene rings is 1. The monoisotopic (exact) mass is 429 g/mol. The lowest BCUT2D eigenvalue weighted by Crippen LogP contribution is -2.44. The third-order valence-corrected chi connectivity index (χ3v) is 6.13. The number of aromatic nitrogens is 1. The molecule has 1 unspecified atom stereocenters. The summed E-state index contributed by atoms with van der Waals surface area (Å²) in [6, 6.07) is 9.55. The van der Waals surface area contributed by atoms with Crippen LogP contribution in [0.1, 0.15) is 26.0 Å². The number of thiophene rings is 1. The molecular formula is C18H14F3NO4S2. The van der Waals surface area contributed by atoms with Crippen LogP contribution in [0.15, 0.2) is 36.4 Å². The zero-order chi connectivity index (χ0) is 20.5. The van der Waals surface area contributed by atoms with Crippen LogP contribution in [0.5, 0.6) is 0 Å². The Morgan fingerprint density at radius 3 is 2.46 bits per heavy atom. The number of thiazole rings is 1. The van der Waals surface area contributed by atoms with E-state index in [1.807, 2.05) is 0 Å². The fourth-order valence-electron chi connectivity index (χ4n) is 2.41. The Balaban J connectivity index is 1.76. The number of hydrogen-bond acceptors (Lipinski definition) is 7. The Kier molecular flexibility index (Phi) is 5.55. The van der Waals surface area contributed by atoms with Gasteiger partial charge in [0.1, 0.15) is 5.01 Å². The van der Waals surface area contributed by atoms with Crippen molar-refractivity contribution >= 4 is 44.6 Å². The van der Waals surface area contributed by atoms with Gasteiger partial charge in [-0.25, -0.2) is 4.98 Å². The normalized spacial score (nSPS) is 14.0. The summed E-state index contributed by atoms with van der Waals surface area (Å²) in [5, 5.41) is 9.66. The van der Waals surface area contributed by atoms with E-state index in [9.17, 15) is 27.9 Å². The van der Waals surface area contributed by atoms with Gasteiger partial charge < -0.3 is 9.84 Å². The van der Waals surface area contributed by atoms with Crippen molar-refractivity contribution in [1.82, 2.24) is 4.98 Å². The van der Waals surface area contributed by atoms with Crippen molar-refractivity contribution in [2.24, 2.45) is 0 Å². The number of ether oxygens (including phenoxy) is 1. The summed E-state index contributed by atoms with van der Waals surface area (Å²) in [5.74, 6) is -1.87. The predicted molar refractivity (Wildman–Crippen MR) is 98.5 cm³/mol. The zero-order valence-electron chi connectivity index (χ0n) is 14.4. The van der Waals surface area contributed by atoms with Crippen LogP contribution in [0.3, 0.4) is 0 Å². The number of alkyl halides is 3. The lowest BCUT2D eigenvalue weighted by atomic mass is 10.00. The van der Waals surface area contributed by atoms with E-state index in [-0.39, 0.29) is 5.52 Å². The van der Waals surface area contributed by atoms with Crippen LogP contribution < -0.4 is 0 Å². The minimum Gasteiger partial charge on any atom is -0.457 e. The van der Waals surface area contributed by atoms with Gasteiger partial charge >= 0.3 is 12.1 Å². The van der Waals surface area contributed by atoms with Gasteiger partial charge in [-0.05, 0) is 31.2 Å². The van der Waals surface area contributed by atoms with Crippen LogP contribution in [-0.2, 0) is 15.1 Å². The van der Waals surface area contributed by atoms with Crippen LogP contribution in [0, 0.1) is 6.92 Å². The summed E-state index contributed by atoms with van der Waals surface area (Å²) in [5.41, 5.74) is -3.22. The Bertz CT molecular complexity index is 994. The zero-order valence-corrected chi connectivity index (χ0v) is 16.1. The molecule has 1 aromatic carbocycles. The molecule has 5 nitrogen and oxygen atoms in total. The molecule has 1 atom stereocenters. The van der Waals surface area contributed by atoms with Crippen LogP contribution in [-0.4, -0.2) is 34.6 Å². The molecule has 0 fully saturated rings. The standard InChI is InChI=1S/C18H14F3NO4S2/c1-10-6-7-14(27-10)12(23)9-26-15(24)8-17(25,18(19,20)21)16-22-11-4-2-3-5-13(11)28-16/h2-7,25H,8-9H2,1H3. The Morgan fingerprint density at radius 1 is 1.14 bits per heavy atom. The van der Waals surface area contributed by atoms with E-state index >= 15 is 0 Å². The second kappa shape index (κ2) is 7.61. The minimum absolute atomic E-state index is 0.279. The second-order valence-electron chi connectivity index (χ2n) is 6.02. The van der Waals surface area contributed by atoms with E-state index in [0.29, 0.717) is 20.9 Å². The SMILES string of the molecule is Cc1ccc(C(=O)COC(=O)CC(O)(c2nc3ccccc3s2)C(F)(F)F)s1. The molecule has 0 spiro atoms. The topological polar surface area (TPSA) is 76.5 Å². The molecular weight excluding hydrogens is 415 g/mol. The summed E-state index contributed by atoms with van der Waals surface area (Å²) in [7, 11) is 0. The van der Waals surface area contributed by atoms with Gasteiger partial charge in [0.15, 0.2) is 6.61 Å². The van der Waals surface area contributed by atoms with Gasteiger partial charge in [0.2, 0.25) is 11.4 Å². The molecule has 28 heavy (non-hydrogen) atoms. The van der Waals surface area contributed by atoms with Crippen LogP contribution >= 0.6 is 22.7 Å². The molecule has 2 heterocycles. The molecule has 0 aliphatic carbocycles. The number of fused-ring (bicyclic) bond motifs is 1. The molecule has 1 N–H and O–H groups in total. The molecule has 0 bridgehead atoms. The highest BCUT2D eigenvalue weighted by Crippen LogP contribution is 2.44. The fraction of sp³-hybridized carbons (Fsp3) is 0.278. The molecule has 0 amide bonds. The average molecular weight is 429 g/mol. The van der Waals surface area contributed by atoms with Crippen molar-refractivity contribution in [2.75, 3.05) is 6.61 Å². The average Bonchev–Trinajstić information content (AvgIpc) is 3.25. The maximum Gasteiger partial charge on any atom is 0.424 e. The van der Waals surface area contributed by atoms with Crippen molar-refractivity contribution in [3.8, 4) is 0 Å². The van der Waals surface area contributed by atoms with Gasteiger partial charge in [-0.2, -0.15) is 13.2 Å². The first-order chi connectivity index (χ1) is 13.1. The molecule has 0 radical (unpaired) electrons. The fourth-order valence-corrected chi connectivity index (χ4v) is 4.27. The molecule has 0 aliphatic rings. The van der Waals surface area contributed by atoms with Crippen molar-refractivity contribution < 1.29 is 32.6 Å². The molecule has 10 heteroatoms. The van der Waals surface area contributed by atoms with Gasteiger partial charge in [0, 0.05) is 4.88 Å². The Morgan fingerprint density at radius 2 is 1.86 bits per heavy atom. The van der Waals surface area contributed by atoms with Crippen molar-refractivity contribution in [1.29, 1.82) is 0 Å². The smallest absolute Gasteiger partial charge is 0.424 e. The number of aliphatic hydroxyl groups is 1. The molecule has 148 valence electrons. The molecule has 0 aliphatic heterocycles. The predicted octanol–water partition coefficient (Wildman–Crippen LogP) is 4.23. The highest BCUT2D eigenvalue weighted by atomic mass is 32.1. The van der Waals surface area contributed by atoms with E-state index in [4.69, 9.17) is 0 Å². The molecule has 0 saturated carbocycles. The molecule has 0 saturated heterocycles. The van der Waals surface area contributed by atoms with Crippen LogP contribution in [0.2, 0.25) is 0 Å². The number of carbonyl (C=O) groups is 2. The van der Waals surface area contributed by atoms with E-state index in [1.54, 1.807) is 37.3 Å². The molecule has 2 aromatic heterocycles. The first kappa shape index (κ1) is 20.4. The molecule has 3 rings (SSSR count). The Hall–Kier alpha value is -2.30. The highest BCUT2D eigenvalue weighted by molar-refractivity contribution is 7.18. The number of para-hydroxylation sites is 1. The minimum atomic E-state index is -5.16. The van der Waals surface area contributed by atoms with Crippen molar-refractivity contribution in [3.05, 3.63) is 51.2 Å². The number of Topliss-reactive ketones (excluding diaryl/α,β-unsaturated/α-hetero) is 1. The number of nitrogens with zero attached hydrogens (tertiary/aromatic N) is 1. The van der Waals surface area contributed by atoms with Gasteiger partial charge in [0.05, 0.1) is 21.5 Å².